The summed E-state index contributed by atoms with van der Waals surface area (Å²) in [5.74, 6) is -2.71. The van der Waals surface area contributed by atoms with Crippen molar-refractivity contribution in [3.05, 3.63) is 99.0 Å². The highest BCUT2D eigenvalue weighted by Crippen LogP contribution is 2.35. The molecule has 0 saturated carbocycles. The zero-order valence-corrected chi connectivity index (χ0v) is 18.7. The predicted octanol–water partition coefficient (Wildman–Crippen LogP) is 5.52. The second-order valence-electron chi connectivity index (χ2n) is 7.16. The van der Waals surface area contributed by atoms with Crippen molar-refractivity contribution in [2.24, 2.45) is 0 Å². The Balaban J connectivity index is 1.70. The Morgan fingerprint density at radius 1 is 0.912 bits per heavy atom. The van der Waals surface area contributed by atoms with Crippen molar-refractivity contribution < 1.29 is 27.9 Å². The van der Waals surface area contributed by atoms with Crippen LogP contribution < -0.4 is 15.0 Å². The van der Waals surface area contributed by atoms with Gasteiger partial charge in [-0.3, -0.25) is 14.9 Å². The molecule has 4 rings (SSSR count). The molecule has 1 N–H and O–H groups in total. The molecule has 0 aliphatic carbocycles. The molecule has 6 nitrogen and oxygen atoms in total. The van der Waals surface area contributed by atoms with Gasteiger partial charge in [0, 0.05) is 10.6 Å². The van der Waals surface area contributed by atoms with Crippen LogP contribution in [0.4, 0.5) is 19.3 Å². The van der Waals surface area contributed by atoms with Gasteiger partial charge in [0.1, 0.15) is 29.6 Å². The second-order valence-corrected chi connectivity index (χ2v) is 8.00. The first-order chi connectivity index (χ1) is 16.2. The second kappa shape index (κ2) is 9.62. The molecule has 1 heterocycles. The first-order valence-electron chi connectivity index (χ1n) is 9.76. The number of hydrogen-bond acceptors (Lipinski definition) is 4. The third-order valence-corrected chi connectivity index (χ3v) is 5.32. The molecular formula is C24H14Cl2F2N2O4. The van der Waals surface area contributed by atoms with Crippen molar-refractivity contribution in [1.29, 1.82) is 0 Å². The van der Waals surface area contributed by atoms with E-state index in [0.29, 0.717) is 10.5 Å². The molecule has 0 atom stereocenters. The highest BCUT2D eigenvalue weighted by molar-refractivity contribution is 6.40. The first-order valence-corrected chi connectivity index (χ1v) is 10.5. The van der Waals surface area contributed by atoms with E-state index in [1.54, 1.807) is 0 Å². The minimum absolute atomic E-state index is 0.0120. The summed E-state index contributed by atoms with van der Waals surface area (Å²) in [7, 11) is 0. The van der Waals surface area contributed by atoms with E-state index in [0.717, 1.165) is 12.1 Å². The molecule has 1 fully saturated rings. The minimum Gasteiger partial charge on any atom is -0.487 e. The van der Waals surface area contributed by atoms with Crippen molar-refractivity contribution in [1.82, 2.24) is 5.32 Å². The number of urea groups is 1. The Morgan fingerprint density at radius 2 is 1.53 bits per heavy atom. The maximum atomic E-state index is 13.3. The van der Waals surface area contributed by atoms with Gasteiger partial charge >= 0.3 is 6.03 Å². The summed E-state index contributed by atoms with van der Waals surface area (Å²) in [4.78, 5) is 38.6. The molecule has 3 aromatic carbocycles. The number of nitrogens with zero attached hydrogens (tertiary/aromatic N) is 1. The number of halogens is 4. The molecule has 0 aromatic heterocycles. The highest BCUT2D eigenvalue weighted by Gasteiger charge is 2.37. The van der Waals surface area contributed by atoms with Gasteiger partial charge in [-0.1, -0.05) is 35.3 Å². The molecule has 0 radical (unpaired) electrons. The number of nitrogens with one attached hydrogen (secondary N) is 1. The van der Waals surface area contributed by atoms with Crippen LogP contribution >= 0.6 is 23.2 Å². The first kappa shape index (κ1) is 23.4. The number of barbiturate groups is 1. The summed E-state index contributed by atoms with van der Waals surface area (Å²) in [6.07, 6.45) is 1.19. The van der Waals surface area contributed by atoms with E-state index >= 15 is 0 Å². The number of anilines is 1. The van der Waals surface area contributed by atoms with E-state index in [1.807, 2.05) is 0 Å². The van der Waals surface area contributed by atoms with Crippen LogP contribution in [-0.2, 0) is 16.2 Å². The maximum absolute atomic E-state index is 13.3. The molecule has 34 heavy (non-hydrogen) atoms. The fourth-order valence-electron chi connectivity index (χ4n) is 3.21. The van der Waals surface area contributed by atoms with Gasteiger partial charge in [-0.05, 0) is 60.2 Å². The van der Waals surface area contributed by atoms with Crippen LogP contribution in [0.5, 0.6) is 5.75 Å². The molecule has 4 amide bonds. The zero-order chi connectivity index (χ0) is 24.4. The molecule has 0 bridgehead atoms. The molecule has 3 aromatic rings. The van der Waals surface area contributed by atoms with E-state index in [4.69, 9.17) is 27.9 Å². The monoisotopic (exact) mass is 502 g/mol. The summed E-state index contributed by atoms with van der Waals surface area (Å²) in [5.41, 5.74) is 0.519. The summed E-state index contributed by atoms with van der Waals surface area (Å²) in [6, 6.07) is 12.1. The van der Waals surface area contributed by atoms with Gasteiger partial charge in [0.2, 0.25) is 0 Å². The number of carbonyl (C=O) groups is 3. The number of imide groups is 2. The highest BCUT2D eigenvalue weighted by atomic mass is 35.5. The van der Waals surface area contributed by atoms with Crippen LogP contribution in [0, 0.1) is 11.6 Å². The van der Waals surface area contributed by atoms with E-state index in [-0.39, 0.29) is 33.7 Å². The average Bonchev–Trinajstić information content (AvgIpc) is 2.78. The van der Waals surface area contributed by atoms with Crippen LogP contribution in [0.3, 0.4) is 0 Å². The van der Waals surface area contributed by atoms with Gasteiger partial charge in [0.05, 0.1) is 10.7 Å². The number of carbonyl (C=O) groups excluding carboxylic acids is 3. The average molecular weight is 503 g/mol. The topological polar surface area (TPSA) is 75.7 Å². The van der Waals surface area contributed by atoms with E-state index in [1.165, 1.54) is 54.6 Å². The molecule has 1 aliphatic heterocycles. The van der Waals surface area contributed by atoms with Crippen molar-refractivity contribution in [3.8, 4) is 5.75 Å². The molecule has 1 aliphatic rings. The normalized spacial score (nSPS) is 15.0. The van der Waals surface area contributed by atoms with Gasteiger partial charge in [0.25, 0.3) is 11.8 Å². The van der Waals surface area contributed by atoms with Crippen LogP contribution in [0.1, 0.15) is 11.1 Å². The number of rotatable bonds is 5. The fraction of sp³-hybridized carbons (Fsp3) is 0.0417. The maximum Gasteiger partial charge on any atom is 0.335 e. The van der Waals surface area contributed by atoms with Crippen molar-refractivity contribution in [3.63, 3.8) is 0 Å². The van der Waals surface area contributed by atoms with Crippen LogP contribution in [0.15, 0.2) is 66.2 Å². The lowest BCUT2D eigenvalue weighted by atomic mass is 10.1. The van der Waals surface area contributed by atoms with Crippen molar-refractivity contribution >= 4 is 52.8 Å². The summed E-state index contributed by atoms with van der Waals surface area (Å²) in [6.45, 7) is 0.0120. The van der Waals surface area contributed by atoms with Gasteiger partial charge in [-0.2, -0.15) is 0 Å². The third kappa shape index (κ3) is 4.93. The van der Waals surface area contributed by atoms with Crippen molar-refractivity contribution in [2.45, 2.75) is 6.61 Å². The van der Waals surface area contributed by atoms with Crippen LogP contribution in [-0.4, -0.2) is 17.8 Å². The van der Waals surface area contributed by atoms with E-state index in [2.05, 4.69) is 5.32 Å². The molecule has 0 spiro atoms. The number of benzene rings is 3. The molecule has 1 saturated heterocycles. The smallest absolute Gasteiger partial charge is 0.335 e. The quantitative estimate of drug-likeness (QED) is 0.368. The summed E-state index contributed by atoms with van der Waals surface area (Å²) in [5, 5.41) is 2.40. The Hall–Kier alpha value is -3.75. The Labute approximate surface area is 202 Å². The standard InChI is InChI=1S/C24H14Cl2F2N2O4/c25-15-9-14(21(20(26)11-15)34-12-13-1-3-16(27)4-2-13)10-19-22(31)29-24(33)30(23(19)32)18-7-5-17(28)6-8-18/h1-11H,12H2,(H,29,31,33)/b19-10+. The van der Waals surface area contributed by atoms with Gasteiger partial charge < -0.3 is 4.74 Å². The Morgan fingerprint density at radius 3 is 2.18 bits per heavy atom. The molecule has 10 heteroatoms. The number of ether oxygens (including phenoxy) is 1. The lowest BCUT2D eigenvalue weighted by molar-refractivity contribution is -0.122. The fourth-order valence-corrected chi connectivity index (χ4v) is 3.78. The SMILES string of the molecule is O=C1NC(=O)N(c2ccc(F)cc2)C(=O)/C1=C/c1cc(Cl)cc(Cl)c1OCc1ccc(F)cc1. The largest absolute Gasteiger partial charge is 0.487 e. The van der Waals surface area contributed by atoms with Gasteiger partial charge in [-0.15, -0.1) is 0 Å². The summed E-state index contributed by atoms with van der Waals surface area (Å²) < 4.78 is 32.2. The Bertz CT molecular complexity index is 1330. The lowest BCUT2D eigenvalue weighted by Gasteiger charge is -2.26. The van der Waals surface area contributed by atoms with Crippen LogP contribution in [0.25, 0.3) is 6.08 Å². The lowest BCUT2D eigenvalue weighted by Crippen LogP contribution is -2.54. The minimum atomic E-state index is -0.976. The van der Waals surface area contributed by atoms with Gasteiger partial charge in [0.15, 0.2) is 0 Å². The predicted molar refractivity (Wildman–Crippen MR) is 123 cm³/mol. The third-order valence-electron chi connectivity index (χ3n) is 4.82. The number of amides is 4. The molecular weight excluding hydrogens is 489 g/mol. The summed E-state index contributed by atoms with van der Waals surface area (Å²) >= 11 is 12.4. The van der Waals surface area contributed by atoms with Crippen LogP contribution in [0.2, 0.25) is 10.0 Å². The molecule has 0 unspecified atom stereocenters. The van der Waals surface area contributed by atoms with Gasteiger partial charge in [-0.25, -0.2) is 18.5 Å². The zero-order valence-electron chi connectivity index (χ0n) is 17.2. The number of hydrogen-bond donors (Lipinski definition) is 1. The van der Waals surface area contributed by atoms with E-state index in [9.17, 15) is 23.2 Å². The molecule has 172 valence electrons. The Kier molecular flexibility index (Phi) is 6.63. The van der Waals surface area contributed by atoms with E-state index < -0.39 is 35.1 Å². The van der Waals surface area contributed by atoms with Crippen molar-refractivity contribution in [2.75, 3.05) is 4.90 Å².